The van der Waals surface area contributed by atoms with Crippen LogP contribution in [0, 0.1) is 27.2 Å². The molecule has 3 rings (SSSR count). The predicted molar refractivity (Wildman–Crippen MR) is 146 cm³/mol. The van der Waals surface area contributed by atoms with E-state index >= 15 is 0 Å². The number of carbonyl (C=O) groups is 2. The number of nitro groups is 2. The smallest absolute Gasteiger partial charge is 0.355 e. The molecule has 2 heterocycles. The van der Waals surface area contributed by atoms with Gasteiger partial charge in [0.1, 0.15) is 11.4 Å². The first-order valence-electron chi connectivity index (χ1n) is 12.1. The van der Waals surface area contributed by atoms with Gasteiger partial charge in [0.2, 0.25) is 0 Å². The highest BCUT2D eigenvalue weighted by Gasteiger charge is 2.28. The minimum absolute atomic E-state index is 0.0150. The second kappa shape index (κ2) is 14.3. The number of esters is 2. The lowest BCUT2D eigenvalue weighted by atomic mass is 10.1. The Bertz CT molecular complexity index is 1570. The van der Waals surface area contributed by atoms with Crippen LogP contribution < -0.4 is 0 Å². The highest BCUT2D eigenvalue weighted by atomic mass is 32.2. The van der Waals surface area contributed by atoms with Crippen LogP contribution in [-0.4, -0.2) is 71.9 Å². The van der Waals surface area contributed by atoms with Crippen LogP contribution in [0.3, 0.4) is 0 Å². The lowest BCUT2D eigenvalue weighted by molar-refractivity contribution is -0.385. The maximum atomic E-state index is 12.2. The number of methoxy groups -OCH3 is 2. The minimum Gasteiger partial charge on any atom is -0.464 e. The molecular weight excluding hydrogens is 580 g/mol. The van der Waals surface area contributed by atoms with E-state index in [1.54, 1.807) is 12.1 Å². The maximum Gasteiger partial charge on any atom is 0.355 e. The van der Waals surface area contributed by atoms with E-state index in [0.29, 0.717) is 0 Å². The zero-order valence-electron chi connectivity index (χ0n) is 23.4. The number of ether oxygens (including phenoxy) is 2. The highest BCUT2D eigenvalue weighted by Crippen LogP contribution is 2.27. The Morgan fingerprint density at radius 3 is 1.67 bits per heavy atom. The molecule has 0 spiro atoms. The van der Waals surface area contributed by atoms with E-state index in [2.05, 4.69) is 9.47 Å². The summed E-state index contributed by atoms with van der Waals surface area (Å²) in [6.07, 6.45) is 2.31. The number of aromatic nitrogens is 2. The molecular formula is C25H30N4O12S. The molecule has 0 saturated carbocycles. The largest absolute Gasteiger partial charge is 0.464 e. The van der Waals surface area contributed by atoms with E-state index in [1.165, 1.54) is 54.9 Å². The summed E-state index contributed by atoms with van der Waals surface area (Å²) in [5.41, 5.74) is 0.747. The Balaban J connectivity index is 0.000000330. The third kappa shape index (κ3) is 7.77. The van der Waals surface area contributed by atoms with Crippen LogP contribution in [0.2, 0.25) is 0 Å². The highest BCUT2D eigenvalue weighted by molar-refractivity contribution is 7.86. The molecule has 0 unspecified atom stereocenters. The average Bonchev–Trinajstić information content (AvgIpc) is 3.44. The van der Waals surface area contributed by atoms with Crippen molar-refractivity contribution in [3.63, 3.8) is 0 Å². The summed E-state index contributed by atoms with van der Waals surface area (Å²) >= 11 is 0. The molecule has 0 radical (unpaired) electrons. The summed E-state index contributed by atoms with van der Waals surface area (Å²) in [6, 6.07) is 6.09. The van der Waals surface area contributed by atoms with Gasteiger partial charge >= 0.3 is 11.9 Å². The molecule has 0 aliphatic rings. The van der Waals surface area contributed by atoms with Gasteiger partial charge in [-0.25, -0.2) is 9.59 Å². The Morgan fingerprint density at radius 1 is 0.857 bits per heavy atom. The van der Waals surface area contributed by atoms with Gasteiger partial charge in [0.25, 0.3) is 21.5 Å². The SMILES string of the molecule is COC(=O)c1c(CCO)c([N+](=O)[O-])cn1C.COC(=O)c1c(CCOS(=O)(=O)c2ccc(C)cc2)c([N+](=O)[O-])cn1C. The monoisotopic (exact) mass is 610 g/mol. The lowest BCUT2D eigenvalue weighted by Gasteiger charge is -2.07. The number of hydrogen-bond acceptors (Lipinski definition) is 12. The fourth-order valence-electron chi connectivity index (χ4n) is 3.99. The first kappa shape index (κ1) is 33.6. The minimum atomic E-state index is -4.00. The Hall–Kier alpha value is -4.61. The number of aliphatic hydroxyl groups is 1. The topological polar surface area (TPSA) is 212 Å². The number of aryl methyl sites for hydroxylation is 3. The van der Waals surface area contributed by atoms with Crippen LogP contribution >= 0.6 is 0 Å². The number of hydrogen-bond donors (Lipinski definition) is 1. The number of nitrogens with zero attached hydrogens (tertiary/aromatic N) is 4. The first-order valence-corrected chi connectivity index (χ1v) is 13.5. The number of carbonyl (C=O) groups excluding carboxylic acids is 2. The molecule has 2 aromatic heterocycles. The number of benzene rings is 1. The van der Waals surface area contributed by atoms with Gasteiger partial charge in [-0.1, -0.05) is 17.7 Å². The van der Waals surface area contributed by atoms with Crippen molar-refractivity contribution in [2.75, 3.05) is 27.4 Å². The van der Waals surface area contributed by atoms with Crippen LogP contribution in [0.4, 0.5) is 11.4 Å². The molecule has 228 valence electrons. The molecule has 0 fully saturated rings. The van der Waals surface area contributed by atoms with E-state index in [1.807, 2.05) is 6.92 Å². The van der Waals surface area contributed by atoms with Crippen molar-refractivity contribution in [1.82, 2.24) is 9.13 Å². The Morgan fingerprint density at radius 2 is 1.29 bits per heavy atom. The van der Waals surface area contributed by atoms with E-state index in [4.69, 9.17) is 9.29 Å². The van der Waals surface area contributed by atoms with Gasteiger partial charge in [-0.15, -0.1) is 0 Å². The molecule has 1 N–H and O–H groups in total. The molecule has 0 amide bonds. The lowest BCUT2D eigenvalue weighted by Crippen LogP contribution is -2.13. The summed E-state index contributed by atoms with van der Waals surface area (Å²) in [5.74, 6) is -1.41. The van der Waals surface area contributed by atoms with Gasteiger partial charge in [-0.2, -0.15) is 8.42 Å². The van der Waals surface area contributed by atoms with Crippen molar-refractivity contribution in [2.24, 2.45) is 14.1 Å². The van der Waals surface area contributed by atoms with Crippen LogP contribution in [-0.2, 0) is 50.7 Å². The van der Waals surface area contributed by atoms with Gasteiger partial charge < -0.3 is 23.7 Å². The summed E-state index contributed by atoms with van der Waals surface area (Å²) in [4.78, 5) is 44.0. The predicted octanol–water partition coefficient (Wildman–Crippen LogP) is 2.23. The number of rotatable bonds is 11. The molecule has 0 aliphatic heterocycles. The third-order valence-corrected chi connectivity index (χ3v) is 7.27. The van der Waals surface area contributed by atoms with Gasteiger partial charge in [0.15, 0.2) is 0 Å². The molecule has 0 saturated heterocycles. The fraction of sp³-hybridized carbons (Fsp3) is 0.360. The number of aliphatic hydroxyl groups excluding tert-OH is 1. The maximum absolute atomic E-state index is 12.2. The standard InChI is InChI=1S/C16H18N2O7S.C9H12N2O5/c1-11-4-6-12(7-5-11)26(22,23)25-9-8-13-14(18(20)21)10-17(2)15(13)16(19)24-3;1-10-5-7(11(14)15)6(3-4-12)8(10)9(13)16-2/h4-7,10H,8-9H2,1-3H3;5,12H,3-4H2,1-2H3. The van der Waals surface area contributed by atoms with Crippen LogP contribution in [0.1, 0.15) is 37.7 Å². The molecule has 0 atom stereocenters. The summed E-state index contributed by atoms with van der Waals surface area (Å²) < 4.78 is 41.1. The van der Waals surface area contributed by atoms with Crippen molar-refractivity contribution >= 4 is 33.4 Å². The van der Waals surface area contributed by atoms with Gasteiger partial charge in [-0.05, 0) is 19.1 Å². The zero-order valence-corrected chi connectivity index (χ0v) is 24.2. The Labute approximate surface area is 240 Å². The first-order chi connectivity index (χ1) is 19.7. The zero-order chi connectivity index (χ0) is 31.8. The van der Waals surface area contributed by atoms with Gasteiger partial charge in [-0.3, -0.25) is 24.4 Å². The van der Waals surface area contributed by atoms with E-state index in [-0.39, 0.29) is 64.8 Å². The molecule has 1 aromatic carbocycles. The van der Waals surface area contributed by atoms with Crippen molar-refractivity contribution in [3.8, 4) is 0 Å². The molecule has 42 heavy (non-hydrogen) atoms. The van der Waals surface area contributed by atoms with Crippen LogP contribution in [0.5, 0.6) is 0 Å². The average molecular weight is 611 g/mol. The van der Waals surface area contributed by atoms with Gasteiger partial charge in [0, 0.05) is 33.5 Å². The van der Waals surface area contributed by atoms with Crippen molar-refractivity contribution in [2.45, 2.75) is 24.7 Å². The van der Waals surface area contributed by atoms with Gasteiger partial charge in [0.05, 0.1) is 59.1 Å². The molecule has 0 aliphatic carbocycles. The third-order valence-electron chi connectivity index (χ3n) is 5.94. The Kier molecular flexibility index (Phi) is 11.5. The molecule has 3 aromatic rings. The molecule has 0 bridgehead atoms. The molecule has 17 heteroatoms. The fourth-order valence-corrected chi connectivity index (χ4v) is 4.90. The second-order valence-corrected chi connectivity index (χ2v) is 10.3. The van der Waals surface area contributed by atoms with E-state index in [9.17, 15) is 38.2 Å². The van der Waals surface area contributed by atoms with Crippen molar-refractivity contribution in [3.05, 3.63) is 85.0 Å². The quantitative estimate of drug-likeness (QED) is 0.143. The van der Waals surface area contributed by atoms with Crippen molar-refractivity contribution < 1.29 is 46.6 Å². The summed E-state index contributed by atoms with van der Waals surface area (Å²) in [5, 5.41) is 30.8. The van der Waals surface area contributed by atoms with Crippen molar-refractivity contribution in [1.29, 1.82) is 0 Å². The summed E-state index contributed by atoms with van der Waals surface area (Å²) in [6.45, 7) is 1.19. The van der Waals surface area contributed by atoms with Crippen LogP contribution in [0.15, 0.2) is 41.6 Å². The van der Waals surface area contributed by atoms with E-state index < -0.39 is 31.9 Å². The summed E-state index contributed by atoms with van der Waals surface area (Å²) in [7, 11) is 1.33. The normalized spacial score (nSPS) is 10.9. The van der Waals surface area contributed by atoms with Crippen LogP contribution in [0.25, 0.3) is 0 Å². The second-order valence-electron chi connectivity index (χ2n) is 8.71. The van der Waals surface area contributed by atoms with E-state index in [0.717, 1.165) is 12.7 Å². The molecule has 16 nitrogen and oxygen atoms in total.